The lowest BCUT2D eigenvalue weighted by Crippen LogP contribution is -2.04. The fourth-order valence-electron chi connectivity index (χ4n) is 2.11. The Morgan fingerprint density at radius 1 is 1.24 bits per heavy atom. The highest BCUT2D eigenvalue weighted by Gasteiger charge is 2.18. The van der Waals surface area contributed by atoms with Gasteiger partial charge in [0, 0.05) is 15.6 Å². The van der Waals surface area contributed by atoms with Crippen LogP contribution in [0.2, 0.25) is 10.0 Å². The minimum absolute atomic E-state index is 0.353. The van der Waals surface area contributed by atoms with E-state index in [-0.39, 0.29) is 0 Å². The number of halogens is 3. The van der Waals surface area contributed by atoms with Crippen molar-refractivity contribution in [3.63, 3.8) is 0 Å². The first kappa shape index (κ1) is 15.6. The van der Waals surface area contributed by atoms with E-state index >= 15 is 0 Å². The van der Waals surface area contributed by atoms with Crippen molar-refractivity contribution in [1.29, 1.82) is 5.26 Å². The molecule has 0 heterocycles. The number of benzene rings is 2. The minimum Gasteiger partial charge on any atom is -0.496 e. The number of methoxy groups -OCH3 is 1. The van der Waals surface area contributed by atoms with Crippen LogP contribution < -0.4 is 4.74 Å². The summed E-state index contributed by atoms with van der Waals surface area (Å²) in [6, 6.07) is 11.4. The van der Waals surface area contributed by atoms with Crippen molar-refractivity contribution in [3.8, 4) is 11.8 Å². The molecule has 0 saturated heterocycles. The lowest BCUT2D eigenvalue weighted by atomic mass is 9.92. The second-order valence-electron chi connectivity index (χ2n) is 4.51. The predicted octanol–water partition coefficient (Wildman–Crippen LogP) is 4.99. The molecule has 0 aliphatic heterocycles. The second-order valence-corrected chi connectivity index (χ2v) is 5.35. The fraction of sp³-hybridized carbons (Fsp3) is 0.188. The van der Waals surface area contributed by atoms with E-state index in [1.807, 2.05) is 0 Å². The maximum absolute atomic E-state index is 13.4. The molecule has 108 valence electrons. The Kier molecular flexibility index (Phi) is 5.06. The second kappa shape index (κ2) is 6.80. The summed E-state index contributed by atoms with van der Waals surface area (Å²) in [5.41, 5.74) is 1.28. The highest BCUT2D eigenvalue weighted by molar-refractivity contribution is 6.35. The van der Waals surface area contributed by atoms with Crippen LogP contribution in [0.5, 0.6) is 5.75 Å². The summed E-state index contributed by atoms with van der Waals surface area (Å²) < 4.78 is 18.6. The van der Waals surface area contributed by atoms with Crippen LogP contribution in [0.15, 0.2) is 36.4 Å². The zero-order valence-corrected chi connectivity index (χ0v) is 12.7. The highest BCUT2D eigenvalue weighted by Crippen LogP contribution is 2.32. The van der Waals surface area contributed by atoms with Gasteiger partial charge in [-0.2, -0.15) is 5.26 Å². The summed E-state index contributed by atoms with van der Waals surface area (Å²) in [5, 5.41) is 10.4. The van der Waals surface area contributed by atoms with Crippen LogP contribution in [0.3, 0.4) is 0 Å². The molecule has 0 N–H and O–H groups in total. The van der Waals surface area contributed by atoms with Gasteiger partial charge in [0.25, 0.3) is 0 Å². The zero-order valence-electron chi connectivity index (χ0n) is 11.2. The van der Waals surface area contributed by atoms with E-state index in [1.165, 1.54) is 25.3 Å². The SMILES string of the molecule is COc1ccc(F)cc1C(C#N)Cc1ccc(Cl)cc1Cl. The molecule has 0 fully saturated rings. The molecule has 2 aromatic carbocycles. The lowest BCUT2D eigenvalue weighted by molar-refractivity contribution is 0.406. The number of nitrogens with zero attached hydrogens (tertiary/aromatic N) is 1. The third kappa shape index (κ3) is 3.66. The molecule has 2 nitrogen and oxygen atoms in total. The van der Waals surface area contributed by atoms with E-state index in [0.717, 1.165) is 5.56 Å². The van der Waals surface area contributed by atoms with Crippen LogP contribution in [-0.4, -0.2) is 7.11 Å². The molecule has 21 heavy (non-hydrogen) atoms. The molecule has 2 aromatic rings. The number of hydrogen-bond acceptors (Lipinski definition) is 2. The lowest BCUT2D eigenvalue weighted by Gasteiger charge is -2.14. The van der Waals surface area contributed by atoms with Crippen LogP contribution in [-0.2, 0) is 6.42 Å². The zero-order chi connectivity index (χ0) is 15.4. The molecule has 5 heteroatoms. The van der Waals surface area contributed by atoms with Gasteiger partial charge in [-0.05, 0) is 42.3 Å². The number of nitriles is 1. The molecule has 0 spiro atoms. The summed E-state index contributed by atoms with van der Waals surface area (Å²) in [7, 11) is 1.49. The molecule has 0 saturated carbocycles. The Hall–Kier alpha value is -1.76. The van der Waals surface area contributed by atoms with Gasteiger partial charge in [0.2, 0.25) is 0 Å². The molecule has 0 aromatic heterocycles. The average Bonchev–Trinajstić information content (AvgIpc) is 2.46. The summed E-state index contributed by atoms with van der Waals surface area (Å²) in [6.45, 7) is 0. The molecule has 0 radical (unpaired) electrons. The van der Waals surface area contributed by atoms with Crippen LogP contribution in [0.1, 0.15) is 17.0 Å². The topological polar surface area (TPSA) is 33.0 Å². The highest BCUT2D eigenvalue weighted by atomic mass is 35.5. The van der Waals surface area contributed by atoms with E-state index < -0.39 is 11.7 Å². The molecule has 0 aliphatic carbocycles. The Balaban J connectivity index is 2.37. The van der Waals surface area contributed by atoms with Gasteiger partial charge in [-0.1, -0.05) is 29.3 Å². The summed E-state index contributed by atoms with van der Waals surface area (Å²) in [5.74, 6) is -0.490. The van der Waals surface area contributed by atoms with Crippen LogP contribution in [0.4, 0.5) is 4.39 Å². The van der Waals surface area contributed by atoms with Crippen LogP contribution >= 0.6 is 23.2 Å². The van der Waals surface area contributed by atoms with Crippen molar-refractivity contribution >= 4 is 23.2 Å². The normalized spacial score (nSPS) is 11.8. The minimum atomic E-state index is -0.561. The van der Waals surface area contributed by atoms with Crippen LogP contribution in [0, 0.1) is 17.1 Å². The van der Waals surface area contributed by atoms with Crippen molar-refractivity contribution in [1.82, 2.24) is 0 Å². The van der Waals surface area contributed by atoms with Gasteiger partial charge in [0.1, 0.15) is 11.6 Å². The van der Waals surface area contributed by atoms with Gasteiger partial charge in [-0.25, -0.2) is 4.39 Å². The molecule has 0 bridgehead atoms. The molecule has 0 amide bonds. The number of ether oxygens (including phenoxy) is 1. The smallest absolute Gasteiger partial charge is 0.123 e. The summed E-state index contributed by atoms with van der Waals surface area (Å²) in [4.78, 5) is 0. The van der Waals surface area contributed by atoms with E-state index in [0.29, 0.717) is 27.8 Å². The Morgan fingerprint density at radius 3 is 2.62 bits per heavy atom. The maximum Gasteiger partial charge on any atom is 0.123 e. The average molecular weight is 324 g/mol. The quantitative estimate of drug-likeness (QED) is 0.794. The van der Waals surface area contributed by atoms with Gasteiger partial charge >= 0.3 is 0 Å². The van der Waals surface area contributed by atoms with E-state index in [4.69, 9.17) is 27.9 Å². The van der Waals surface area contributed by atoms with Crippen molar-refractivity contribution < 1.29 is 9.13 Å². The Bertz CT molecular complexity index is 697. The third-order valence-electron chi connectivity index (χ3n) is 3.16. The number of hydrogen-bond donors (Lipinski definition) is 0. The van der Waals surface area contributed by atoms with E-state index in [9.17, 15) is 9.65 Å². The first-order chi connectivity index (χ1) is 10.0. The van der Waals surface area contributed by atoms with Gasteiger partial charge in [-0.3, -0.25) is 0 Å². The van der Waals surface area contributed by atoms with Crippen LogP contribution in [0.25, 0.3) is 0 Å². The molecular weight excluding hydrogens is 312 g/mol. The van der Waals surface area contributed by atoms with Gasteiger partial charge in [0.05, 0.1) is 19.1 Å². The molecule has 1 atom stereocenters. The Labute approximate surface area is 132 Å². The maximum atomic E-state index is 13.4. The molecular formula is C16H12Cl2FNO. The fourth-order valence-corrected chi connectivity index (χ4v) is 2.60. The molecule has 2 rings (SSSR count). The predicted molar refractivity (Wildman–Crippen MR) is 81.5 cm³/mol. The number of rotatable bonds is 4. The van der Waals surface area contributed by atoms with Crippen molar-refractivity contribution in [2.75, 3.05) is 7.11 Å². The largest absolute Gasteiger partial charge is 0.496 e. The summed E-state index contributed by atoms with van der Waals surface area (Å²) in [6.07, 6.45) is 0.353. The van der Waals surface area contributed by atoms with Crippen molar-refractivity contribution in [3.05, 3.63) is 63.4 Å². The van der Waals surface area contributed by atoms with Gasteiger partial charge in [-0.15, -0.1) is 0 Å². The van der Waals surface area contributed by atoms with E-state index in [2.05, 4.69) is 6.07 Å². The van der Waals surface area contributed by atoms with E-state index in [1.54, 1.807) is 18.2 Å². The first-order valence-electron chi connectivity index (χ1n) is 6.22. The van der Waals surface area contributed by atoms with Gasteiger partial charge in [0.15, 0.2) is 0 Å². The Morgan fingerprint density at radius 2 is 2.00 bits per heavy atom. The van der Waals surface area contributed by atoms with Gasteiger partial charge < -0.3 is 4.74 Å². The standard InChI is InChI=1S/C16H12Cl2FNO/c1-21-16-5-4-13(19)8-14(16)11(9-20)6-10-2-3-12(17)7-15(10)18/h2-5,7-8,11H,6H2,1H3. The monoisotopic (exact) mass is 323 g/mol. The summed E-state index contributed by atoms with van der Waals surface area (Å²) >= 11 is 12.0. The van der Waals surface area contributed by atoms with Crippen molar-refractivity contribution in [2.24, 2.45) is 0 Å². The molecule has 1 unspecified atom stereocenters. The first-order valence-corrected chi connectivity index (χ1v) is 6.97. The third-order valence-corrected chi connectivity index (χ3v) is 3.75. The molecule has 0 aliphatic rings. The van der Waals surface area contributed by atoms with Crippen molar-refractivity contribution in [2.45, 2.75) is 12.3 Å².